The van der Waals surface area contributed by atoms with Crippen molar-refractivity contribution in [1.82, 2.24) is 5.32 Å². The number of carbonyl (C=O) groups is 1. The van der Waals surface area contributed by atoms with E-state index in [1.165, 1.54) is 6.92 Å². The fourth-order valence-electron chi connectivity index (χ4n) is 1.21. The van der Waals surface area contributed by atoms with Crippen LogP contribution in [0.15, 0.2) is 24.3 Å². The van der Waals surface area contributed by atoms with Gasteiger partial charge >= 0.3 is 5.97 Å². The average Bonchev–Trinajstić information content (AvgIpc) is 2.18. The van der Waals surface area contributed by atoms with Gasteiger partial charge in [-0.2, -0.15) is 0 Å². The van der Waals surface area contributed by atoms with Gasteiger partial charge in [0.1, 0.15) is 5.75 Å². The highest BCUT2D eigenvalue weighted by Gasteiger charge is 2.06. The molecule has 3 nitrogen and oxygen atoms in total. The molecule has 0 aromatic heterocycles. The van der Waals surface area contributed by atoms with Gasteiger partial charge in [-0.05, 0) is 24.7 Å². The van der Waals surface area contributed by atoms with Crippen molar-refractivity contribution in [2.24, 2.45) is 0 Å². The van der Waals surface area contributed by atoms with Gasteiger partial charge in [0.15, 0.2) is 0 Å². The summed E-state index contributed by atoms with van der Waals surface area (Å²) in [6, 6.07) is 7.18. The molecule has 1 rings (SSSR count). The lowest BCUT2D eigenvalue weighted by Gasteiger charge is -2.09. The highest BCUT2D eigenvalue weighted by atomic mass is 35.5. The second-order valence-corrected chi connectivity index (χ2v) is 3.71. The maximum absolute atomic E-state index is 10.7. The van der Waals surface area contributed by atoms with Crippen LogP contribution in [-0.2, 0) is 4.79 Å². The number of likely N-dealkylation sites (N-methyl/N-ethyl adjacent to an activating group) is 1. The van der Waals surface area contributed by atoms with Crippen molar-refractivity contribution in [3.05, 3.63) is 29.8 Å². The summed E-state index contributed by atoms with van der Waals surface area (Å²) in [6.07, 6.45) is 0. The number of carbonyl (C=O) groups excluding carboxylic acids is 1. The van der Waals surface area contributed by atoms with Crippen molar-refractivity contribution in [2.75, 3.05) is 13.6 Å². The van der Waals surface area contributed by atoms with E-state index in [-0.39, 0.29) is 23.8 Å². The van der Waals surface area contributed by atoms with E-state index in [2.05, 4.69) is 5.32 Å². The SMILES string of the molecule is CNCC(Cl)c1ccc(OC(C)=O)cc1.[Cl-]. The first-order valence-electron chi connectivity index (χ1n) is 4.70. The van der Waals surface area contributed by atoms with E-state index in [9.17, 15) is 4.79 Å². The minimum atomic E-state index is -0.319. The molecule has 0 aliphatic heterocycles. The van der Waals surface area contributed by atoms with Crippen LogP contribution in [-0.4, -0.2) is 19.6 Å². The highest BCUT2D eigenvalue weighted by Crippen LogP contribution is 2.22. The Kier molecular flexibility index (Phi) is 7.13. The summed E-state index contributed by atoms with van der Waals surface area (Å²) in [6.45, 7) is 2.08. The summed E-state index contributed by atoms with van der Waals surface area (Å²) >= 11 is 6.09. The molecule has 0 fully saturated rings. The topological polar surface area (TPSA) is 38.3 Å². The zero-order valence-corrected chi connectivity index (χ0v) is 10.7. The molecule has 1 N–H and O–H groups in total. The van der Waals surface area contributed by atoms with E-state index >= 15 is 0 Å². The number of rotatable bonds is 4. The van der Waals surface area contributed by atoms with Gasteiger partial charge in [0, 0.05) is 13.5 Å². The Morgan fingerprint density at radius 2 is 2.00 bits per heavy atom. The second kappa shape index (κ2) is 7.49. The van der Waals surface area contributed by atoms with Crippen molar-refractivity contribution in [3.63, 3.8) is 0 Å². The molecule has 0 saturated heterocycles. The number of hydrogen-bond acceptors (Lipinski definition) is 3. The van der Waals surface area contributed by atoms with Crippen molar-refractivity contribution in [3.8, 4) is 5.75 Å². The van der Waals surface area contributed by atoms with E-state index in [0.717, 1.165) is 5.56 Å². The fraction of sp³-hybridized carbons (Fsp3) is 0.364. The van der Waals surface area contributed by atoms with Crippen molar-refractivity contribution in [1.29, 1.82) is 0 Å². The molecule has 0 spiro atoms. The normalized spacial score (nSPS) is 11.4. The standard InChI is InChI=1S/C11H14ClNO2.ClH/c1-8(14)15-10-5-3-9(4-6-10)11(12)7-13-2;/h3-6,11,13H,7H2,1-2H3;1H/p-1. The molecular formula is C11H14Cl2NO2-. The Bertz CT molecular complexity index is 327. The molecule has 0 aliphatic rings. The Morgan fingerprint density at radius 1 is 1.44 bits per heavy atom. The second-order valence-electron chi connectivity index (χ2n) is 3.19. The summed E-state index contributed by atoms with van der Waals surface area (Å²) < 4.78 is 4.91. The lowest BCUT2D eigenvalue weighted by Crippen LogP contribution is -3.00. The number of ether oxygens (including phenoxy) is 1. The number of benzene rings is 1. The minimum Gasteiger partial charge on any atom is -1.00 e. The monoisotopic (exact) mass is 262 g/mol. The molecule has 1 atom stereocenters. The first kappa shape index (κ1) is 15.2. The summed E-state index contributed by atoms with van der Waals surface area (Å²) in [5, 5.41) is 2.93. The van der Waals surface area contributed by atoms with Crippen LogP contribution in [0.5, 0.6) is 5.75 Å². The molecular weight excluding hydrogens is 249 g/mol. The number of alkyl halides is 1. The number of esters is 1. The molecule has 1 unspecified atom stereocenters. The van der Waals surface area contributed by atoms with Crippen molar-refractivity contribution >= 4 is 17.6 Å². The van der Waals surface area contributed by atoms with Gasteiger partial charge in [-0.1, -0.05) is 12.1 Å². The molecule has 90 valence electrons. The van der Waals surface area contributed by atoms with E-state index in [4.69, 9.17) is 16.3 Å². The number of hydrogen-bond donors (Lipinski definition) is 1. The molecule has 1 aromatic carbocycles. The molecule has 1 aromatic rings. The van der Waals surface area contributed by atoms with Crippen LogP contribution in [0.25, 0.3) is 0 Å². The smallest absolute Gasteiger partial charge is 0.308 e. The number of nitrogens with one attached hydrogen (secondary N) is 1. The van der Waals surface area contributed by atoms with Crippen LogP contribution < -0.4 is 22.5 Å². The van der Waals surface area contributed by atoms with Crippen LogP contribution in [0.1, 0.15) is 17.9 Å². The third-order valence-corrected chi connectivity index (χ3v) is 2.29. The van der Waals surface area contributed by atoms with E-state index in [1.807, 2.05) is 19.2 Å². The first-order valence-corrected chi connectivity index (χ1v) is 5.14. The summed E-state index contributed by atoms with van der Waals surface area (Å²) in [4.78, 5) is 10.7. The highest BCUT2D eigenvalue weighted by molar-refractivity contribution is 6.21. The zero-order chi connectivity index (χ0) is 11.3. The third-order valence-electron chi connectivity index (χ3n) is 1.89. The molecule has 0 heterocycles. The Hall–Kier alpha value is -0.770. The third kappa shape index (κ3) is 4.84. The maximum Gasteiger partial charge on any atom is 0.308 e. The maximum atomic E-state index is 10.7. The summed E-state index contributed by atoms with van der Waals surface area (Å²) in [5.41, 5.74) is 1.00. The Labute approximate surface area is 107 Å². The summed E-state index contributed by atoms with van der Waals surface area (Å²) in [5.74, 6) is 0.222. The molecule has 0 aliphatic carbocycles. The fourth-order valence-corrected chi connectivity index (χ4v) is 1.51. The Balaban J connectivity index is 0.00000225. The van der Waals surface area contributed by atoms with Crippen LogP contribution in [0.2, 0.25) is 0 Å². The predicted octanol–water partition coefficient (Wildman–Crippen LogP) is -0.885. The van der Waals surface area contributed by atoms with E-state index < -0.39 is 0 Å². The Morgan fingerprint density at radius 3 is 2.44 bits per heavy atom. The average molecular weight is 263 g/mol. The van der Waals surface area contributed by atoms with Gasteiger partial charge in [-0.3, -0.25) is 4.79 Å². The van der Waals surface area contributed by atoms with Crippen LogP contribution in [0, 0.1) is 0 Å². The quantitative estimate of drug-likeness (QED) is 0.435. The van der Waals surface area contributed by atoms with Gasteiger partial charge in [0.05, 0.1) is 5.38 Å². The molecule has 0 amide bonds. The van der Waals surface area contributed by atoms with Gasteiger partial charge in [0.2, 0.25) is 0 Å². The molecule has 0 radical (unpaired) electrons. The van der Waals surface area contributed by atoms with Crippen LogP contribution in [0.4, 0.5) is 0 Å². The van der Waals surface area contributed by atoms with E-state index in [1.54, 1.807) is 12.1 Å². The van der Waals surface area contributed by atoms with Crippen LogP contribution in [0.3, 0.4) is 0 Å². The largest absolute Gasteiger partial charge is 1.00 e. The first-order chi connectivity index (χ1) is 7.13. The molecule has 0 bridgehead atoms. The lowest BCUT2D eigenvalue weighted by atomic mass is 10.1. The molecule has 5 heteroatoms. The van der Waals surface area contributed by atoms with Gasteiger partial charge < -0.3 is 22.5 Å². The van der Waals surface area contributed by atoms with E-state index in [0.29, 0.717) is 12.3 Å². The van der Waals surface area contributed by atoms with Gasteiger partial charge in [-0.25, -0.2) is 0 Å². The van der Waals surface area contributed by atoms with Gasteiger partial charge in [-0.15, -0.1) is 11.6 Å². The number of halogens is 2. The lowest BCUT2D eigenvalue weighted by molar-refractivity contribution is -0.131. The minimum absolute atomic E-state index is 0. The molecule has 0 saturated carbocycles. The summed E-state index contributed by atoms with van der Waals surface area (Å²) in [7, 11) is 1.85. The van der Waals surface area contributed by atoms with Crippen molar-refractivity contribution < 1.29 is 21.9 Å². The van der Waals surface area contributed by atoms with Gasteiger partial charge in [0.25, 0.3) is 0 Å². The zero-order valence-electron chi connectivity index (χ0n) is 9.17. The predicted molar refractivity (Wildman–Crippen MR) is 60.3 cm³/mol. The van der Waals surface area contributed by atoms with Crippen LogP contribution >= 0.6 is 11.6 Å². The molecule has 16 heavy (non-hydrogen) atoms. The van der Waals surface area contributed by atoms with Crippen molar-refractivity contribution in [2.45, 2.75) is 12.3 Å².